The predicted octanol–water partition coefficient (Wildman–Crippen LogP) is 3.35. The highest BCUT2D eigenvalue weighted by atomic mass is 32.1. The highest BCUT2D eigenvalue weighted by Crippen LogP contribution is 2.33. The summed E-state index contributed by atoms with van der Waals surface area (Å²) in [5, 5.41) is 9.17. The molecule has 0 radical (unpaired) electrons. The summed E-state index contributed by atoms with van der Waals surface area (Å²) in [5.41, 5.74) is 3.58. The second-order valence-corrected chi connectivity index (χ2v) is 7.04. The van der Waals surface area contributed by atoms with Crippen LogP contribution < -0.4 is 9.47 Å². The number of rotatable bonds is 4. The van der Waals surface area contributed by atoms with Gasteiger partial charge in [0, 0.05) is 13.1 Å². The van der Waals surface area contributed by atoms with Gasteiger partial charge in [-0.1, -0.05) is 6.07 Å². The summed E-state index contributed by atoms with van der Waals surface area (Å²) in [6.45, 7) is 1.19. The molecule has 0 bridgehead atoms. The van der Waals surface area contributed by atoms with E-state index in [4.69, 9.17) is 9.47 Å². The molecule has 0 saturated heterocycles. The van der Waals surface area contributed by atoms with Crippen LogP contribution in [0, 0.1) is 0 Å². The molecule has 2 aromatic heterocycles. The number of methoxy groups -OCH3 is 2. The summed E-state index contributed by atoms with van der Waals surface area (Å²) >= 11 is 1.61. The van der Waals surface area contributed by atoms with Gasteiger partial charge in [-0.15, -0.1) is 11.3 Å². The number of fused-ring (bicyclic) bond motifs is 1. The lowest BCUT2D eigenvalue weighted by Crippen LogP contribution is -2.36. The lowest BCUT2D eigenvalue weighted by Gasteiger charge is -2.29. The number of thiophene rings is 1. The summed E-state index contributed by atoms with van der Waals surface area (Å²) in [4.78, 5) is 15.7. The average molecular weight is 369 g/mol. The van der Waals surface area contributed by atoms with Gasteiger partial charge in [0.15, 0.2) is 17.2 Å². The first-order valence-electron chi connectivity index (χ1n) is 8.32. The molecule has 0 aliphatic carbocycles. The predicted molar refractivity (Wildman–Crippen MR) is 99.9 cm³/mol. The lowest BCUT2D eigenvalue weighted by atomic mass is 9.98. The van der Waals surface area contributed by atoms with Gasteiger partial charge in [-0.3, -0.25) is 9.89 Å². The van der Waals surface area contributed by atoms with Crippen molar-refractivity contribution in [3.8, 4) is 22.1 Å². The van der Waals surface area contributed by atoms with Gasteiger partial charge in [0.2, 0.25) is 0 Å². The number of H-pyrrole nitrogens is 1. The SMILES string of the molecule is COc1cc2c(cc1OC)CN(C(=O)c1cc(-c3cccs3)[nH]n1)CC2. The zero-order valence-electron chi connectivity index (χ0n) is 14.6. The fourth-order valence-corrected chi connectivity index (χ4v) is 3.90. The highest BCUT2D eigenvalue weighted by molar-refractivity contribution is 7.13. The summed E-state index contributed by atoms with van der Waals surface area (Å²) in [7, 11) is 3.25. The van der Waals surface area contributed by atoms with Crippen LogP contribution in [-0.4, -0.2) is 41.8 Å². The van der Waals surface area contributed by atoms with E-state index in [1.54, 1.807) is 25.6 Å². The zero-order valence-corrected chi connectivity index (χ0v) is 15.4. The molecule has 0 unspecified atom stereocenters. The van der Waals surface area contributed by atoms with Gasteiger partial charge >= 0.3 is 0 Å². The van der Waals surface area contributed by atoms with Crippen LogP contribution in [0.2, 0.25) is 0 Å². The minimum Gasteiger partial charge on any atom is -0.493 e. The molecule has 3 heterocycles. The van der Waals surface area contributed by atoms with Crippen molar-refractivity contribution in [1.29, 1.82) is 0 Å². The van der Waals surface area contributed by atoms with E-state index >= 15 is 0 Å². The van der Waals surface area contributed by atoms with Crippen molar-refractivity contribution in [3.05, 3.63) is 52.5 Å². The molecule has 0 saturated carbocycles. The van der Waals surface area contributed by atoms with Crippen LogP contribution in [0.15, 0.2) is 35.7 Å². The third-order valence-electron chi connectivity index (χ3n) is 4.59. The number of hydrogen-bond donors (Lipinski definition) is 1. The molecule has 1 aliphatic rings. The molecule has 6 nitrogen and oxygen atoms in total. The Kier molecular flexibility index (Phi) is 4.38. The van der Waals surface area contributed by atoms with Gasteiger partial charge in [0.1, 0.15) is 0 Å². The number of carbonyl (C=O) groups excluding carboxylic acids is 1. The molecule has 1 aliphatic heterocycles. The first kappa shape index (κ1) is 16.7. The molecule has 1 aromatic carbocycles. The van der Waals surface area contributed by atoms with Crippen molar-refractivity contribution >= 4 is 17.2 Å². The largest absolute Gasteiger partial charge is 0.493 e. The number of amides is 1. The van der Waals surface area contributed by atoms with Crippen molar-refractivity contribution in [2.75, 3.05) is 20.8 Å². The number of aromatic nitrogens is 2. The molecule has 1 amide bonds. The Morgan fingerprint density at radius 1 is 1.19 bits per heavy atom. The Morgan fingerprint density at radius 2 is 1.96 bits per heavy atom. The molecule has 134 valence electrons. The van der Waals surface area contributed by atoms with Crippen molar-refractivity contribution in [3.63, 3.8) is 0 Å². The first-order valence-corrected chi connectivity index (χ1v) is 9.20. The van der Waals surface area contributed by atoms with Crippen molar-refractivity contribution < 1.29 is 14.3 Å². The van der Waals surface area contributed by atoms with Crippen LogP contribution in [0.3, 0.4) is 0 Å². The number of nitrogens with one attached hydrogen (secondary N) is 1. The third-order valence-corrected chi connectivity index (χ3v) is 5.49. The van der Waals surface area contributed by atoms with Crippen LogP contribution >= 0.6 is 11.3 Å². The number of ether oxygens (including phenoxy) is 2. The monoisotopic (exact) mass is 369 g/mol. The normalized spacial score (nSPS) is 13.4. The first-order chi connectivity index (χ1) is 12.7. The van der Waals surface area contributed by atoms with E-state index in [2.05, 4.69) is 10.2 Å². The molecule has 0 atom stereocenters. The molecule has 7 heteroatoms. The number of aromatic amines is 1. The number of carbonyl (C=O) groups is 1. The van der Waals surface area contributed by atoms with E-state index in [1.165, 1.54) is 5.56 Å². The number of hydrogen-bond acceptors (Lipinski definition) is 5. The average Bonchev–Trinajstić information content (AvgIpc) is 3.37. The number of benzene rings is 1. The van der Waals surface area contributed by atoms with Crippen molar-refractivity contribution in [1.82, 2.24) is 15.1 Å². The van der Waals surface area contributed by atoms with E-state index in [0.717, 1.165) is 28.3 Å². The van der Waals surface area contributed by atoms with E-state index < -0.39 is 0 Å². The van der Waals surface area contributed by atoms with Crippen LogP contribution in [0.1, 0.15) is 21.6 Å². The molecule has 26 heavy (non-hydrogen) atoms. The van der Waals surface area contributed by atoms with E-state index in [9.17, 15) is 4.79 Å². The molecule has 3 aromatic rings. The summed E-state index contributed by atoms with van der Waals surface area (Å²) in [6, 6.07) is 9.75. The van der Waals surface area contributed by atoms with Gasteiger partial charge in [-0.05, 0) is 47.2 Å². The Labute approximate surface area is 155 Å². The smallest absolute Gasteiger partial charge is 0.274 e. The Morgan fingerprint density at radius 3 is 2.65 bits per heavy atom. The van der Waals surface area contributed by atoms with Crippen molar-refractivity contribution in [2.45, 2.75) is 13.0 Å². The Balaban J connectivity index is 1.56. The van der Waals surface area contributed by atoms with Gasteiger partial charge in [0.25, 0.3) is 5.91 Å². The molecule has 0 spiro atoms. The molecular weight excluding hydrogens is 350 g/mol. The minimum absolute atomic E-state index is 0.0653. The fraction of sp³-hybridized carbons (Fsp3) is 0.263. The van der Waals surface area contributed by atoms with Crippen LogP contribution in [0.5, 0.6) is 11.5 Å². The Hall–Kier alpha value is -2.80. The fourth-order valence-electron chi connectivity index (χ4n) is 3.21. The van der Waals surface area contributed by atoms with E-state index in [0.29, 0.717) is 24.5 Å². The lowest BCUT2D eigenvalue weighted by molar-refractivity contribution is 0.0728. The second kappa shape index (κ2) is 6.84. The maximum atomic E-state index is 12.9. The maximum Gasteiger partial charge on any atom is 0.274 e. The maximum absolute atomic E-state index is 12.9. The summed E-state index contributed by atoms with van der Waals surface area (Å²) in [5.74, 6) is 1.34. The van der Waals surface area contributed by atoms with Gasteiger partial charge in [0.05, 0.1) is 24.8 Å². The highest BCUT2D eigenvalue weighted by Gasteiger charge is 2.25. The van der Waals surface area contributed by atoms with E-state index in [-0.39, 0.29) is 5.91 Å². The quantitative estimate of drug-likeness (QED) is 0.766. The zero-order chi connectivity index (χ0) is 18.1. The van der Waals surface area contributed by atoms with Crippen LogP contribution in [0.25, 0.3) is 10.6 Å². The topological polar surface area (TPSA) is 67.5 Å². The third kappa shape index (κ3) is 2.94. The number of nitrogens with zero attached hydrogens (tertiary/aromatic N) is 2. The Bertz CT molecular complexity index is 934. The molecule has 4 rings (SSSR count). The van der Waals surface area contributed by atoms with E-state index in [1.807, 2.05) is 40.6 Å². The summed E-state index contributed by atoms with van der Waals surface area (Å²) < 4.78 is 10.7. The van der Waals surface area contributed by atoms with Crippen LogP contribution in [0.4, 0.5) is 0 Å². The van der Waals surface area contributed by atoms with Crippen LogP contribution in [-0.2, 0) is 13.0 Å². The molecular formula is C19H19N3O3S. The molecule has 0 fully saturated rings. The standard InChI is InChI=1S/C19H19N3O3S/c1-24-16-8-12-5-6-22(11-13(12)9-17(16)25-2)19(23)15-10-14(20-21-15)18-4-3-7-26-18/h3-4,7-10H,5-6,11H2,1-2H3,(H,20,21). The second-order valence-electron chi connectivity index (χ2n) is 6.10. The van der Waals surface area contributed by atoms with Gasteiger partial charge in [-0.2, -0.15) is 5.10 Å². The van der Waals surface area contributed by atoms with Crippen molar-refractivity contribution in [2.24, 2.45) is 0 Å². The van der Waals surface area contributed by atoms with Gasteiger partial charge < -0.3 is 14.4 Å². The molecule has 1 N–H and O–H groups in total. The summed E-state index contributed by atoms with van der Waals surface area (Å²) in [6.07, 6.45) is 0.781. The van der Waals surface area contributed by atoms with Gasteiger partial charge in [-0.25, -0.2) is 0 Å². The minimum atomic E-state index is -0.0653.